The van der Waals surface area contributed by atoms with Crippen molar-refractivity contribution < 1.29 is 5.11 Å². The summed E-state index contributed by atoms with van der Waals surface area (Å²) < 4.78 is 0. The Hall–Kier alpha value is -1.69. The number of aliphatic hydroxyl groups is 1. The molecule has 1 aromatic carbocycles. The van der Waals surface area contributed by atoms with Crippen LogP contribution in [-0.2, 0) is 11.8 Å². The lowest BCUT2D eigenvalue weighted by Gasteiger charge is -2.40. The number of rotatable bonds is 3. The average molecular weight is 399 g/mol. The SMILES string of the molecule is C[C@@H]1CCc2ncnc(N3CC4(CCN(CCO)CC4)c4cc(Cl)ccc43)c21. The lowest BCUT2D eigenvalue weighted by molar-refractivity contribution is 0.136. The van der Waals surface area contributed by atoms with Gasteiger partial charge in [0.25, 0.3) is 0 Å². The van der Waals surface area contributed by atoms with Gasteiger partial charge in [-0.15, -0.1) is 0 Å². The molecule has 0 bridgehead atoms. The van der Waals surface area contributed by atoms with E-state index in [0.29, 0.717) is 5.92 Å². The number of fused-ring (bicyclic) bond motifs is 3. The van der Waals surface area contributed by atoms with Crippen molar-refractivity contribution in [2.24, 2.45) is 0 Å². The third kappa shape index (κ3) is 2.83. The van der Waals surface area contributed by atoms with E-state index in [9.17, 15) is 5.11 Å². The number of likely N-dealkylation sites (tertiary alicyclic amines) is 1. The summed E-state index contributed by atoms with van der Waals surface area (Å²) >= 11 is 6.43. The van der Waals surface area contributed by atoms with Gasteiger partial charge in [0.15, 0.2) is 0 Å². The van der Waals surface area contributed by atoms with Crippen LogP contribution in [0.2, 0.25) is 5.02 Å². The normalized spacial score (nSPS) is 23.2. The fourth-order valence-corrected chi connectivity index (χ4v) is 5.61. The maximum absolute atomic E-state index is 9.29. The number of β-amino-alcohol motifs (C(OH)–C–C–N with tert-alkyl or cyclic N) is 1. The zero-order valence-corrected chi connectivity index (χ0v) is 17.1. The molecule has 1 fully saturated rings. The first kappa shape index (κ1) is 18.3. The van der Waals surface area contributed by atoms with E-state index in [-0.39, 0.29) is 12.0 Å². The number of piperidine rings is 1. The van der Waals surface area contributed by atoms with Crippen LogP contribution in [0, 0.1) is 0 Å². The molecule has 1 aromatic heterocycles. The van der Waals surface area contributed by atoms with Crippen LogP contribution >= 0.6 is 11.6 Å². The third-order valence-electron chi connectivity index (χ3n) is 7.02. The van der Waals surface area contributed by atoms with Crippen molar-refractivity contribution in [2.75, 3.05) is 37.7 Å². The van der Waals surface area contributed by atoms with Gasteiger partial charge in [-0.05, 0) is 68.5 Å². The molecule has 3 aliphatic rings. The second-order valence-electron chi connectivity index (χ2n) is 8.59. The van der Waals surface area contributed by atoms with Gasteiger partial charge >= 0.3 is 0 Å². The number of halogens is 1. The summed E-state index contributed by atoms with van der Waals surface area (Å²) in [6.45, 7) is 6.26. The van der Waals surface area contributed by atoms with E-state index in [2.05, 4.69) is 33.8 Å². The van der Waals surface area contributed by atoms with Crippen LogP contribution in [0.1, 0.15) is 48.9 Å². The van der Waals surface area contributed by atoms with E-state index in [0.717, 1.165) is 62.7 Å². The molecule has 5 rings (SSSR count). The Kier molecular flexibility index (Phi) is 4.57. The molecule has 0 unspecified atom stereocenters. The summed E-state index contributed by atoms with van der Waals surface area (Å²) in [6, 6.07) is 6.34. The van der Waals surface area contributed by atoms with Crippen LogP contribution < -0.4 is 4.90 Å². The quantitative estimate of drug-likeness (QED) is 0.855. The fourth-order valence-electron chi connectivity index (χ4n) is 5.44. The van der Waals surface area contributed by atoms with Gasteiger partial charge < -0.3 is 14.9 Å². The average Bonchev–Trinajstić information content (AvgIpc) is 3.23. The molecule has 0 saturated carbocycles. The molecule has 28 heavy (non-hydrogen) atoms. The monoisotopic (exact) mass is 398 g/mol. The highest BCUT2D eigenvalue weighted by atomic mass is 35.5. The number of benzene rings is 1. The van der Waals surface area contributed by atoms with Crippen molar-refractivity contribution >= 4 is 23.1 Å². The third-order valence-corrected chi connectivity index (χ3v) is 7.25. The number of aromatic nitrogens is 2. The number of anilines is 2. The zero-order valence-electron chi connectivity index (χ0n) is 16.4. The summed E-state index contributed by atoms with van der Waals surface area (Å²) in [5, 5.41) is 10.1. The van der Waals surface area contributed by atoms with Crippen molar-refractivity contribution in [3.63, 3.8) is 0 Å². The number of nitrogens with zero attached hydrogens (tertiary/aromatic N) is 4. The molecule has 148 valence electrons. The van der Waals surface area contributed by atoms with Crippen molar-refractivity contribution in [3.8, 4) is 0 Å². The van der Waals surface area contributed by atoms with Gasteiger partial charge in [-0.3, -0.25) is 0 Å². The summed E-state index contributed by atoms with van der Waals surface area (Å²) in [5.74, 6) is 1.60. The van der Waals surface area contributed by atoms with Crippen LogP contribution in [0.3, 0.4) is 0 Å². The van der Waals surface area contributed by atoms with Crippen molar-refractivity contribution in [1.29, 1.82) is 0 Å². The fraction of sp³-hybridized carbons (Fsp3) is 0.545. The number of aryl methyl sites for hydroxylation is 1. The maximum atomic E-state index is 9.29. The highest BCUT2D eigenvalue weighted by Gasteiger charge is 2.46. The minimum atomic E-state index is 0.103. The van der Waals surface area contributed by atoms with E-state index in [1.165, 1.54) is 22.5 Å². The van der Waals surface area contributed by atoms with Gasteiger partial charge in [-0.1, -0.05) is 18.5 Å². The summed E-state index contributed by atoms with van der Waals surface area (Å²) in [6.07, 6.45) is 6.11. The first-order chi connectivity index (χ1) is 13.6. The minimum Gasteiger partial charge on any atom is -0.395 e. The van der Waals surface area contributed by atoms with Crippen LogP contribution in [-0.4, -0.2) is 52.8 Å². The van der Waals surface area contributed by atoms with Crippen LogP contribution in [0.4, 0.5) is 11.5 Å². The van der Waals surface area contributed by atoms with Gasteiger partial charge in [0.2, 0.25) is 0 Å². The standard InChI is InChI=1S/C22H27ClN4O/c1-15-2-4-18-20(15)21(25-14-24-18)27-13-22(6-8-26(9-7-22)10-11-28)17-12-16(23)3-5-19(17)27/h3,5,12,14-15,28H,2,4,6-11,13H2,1H3/t15-/m1/s1. The molecule has 2 aliphatic heterocycles. The Morgan fingerprint density at radius 3 is 2.86 bits per heavy atom. The number of hydrogen-bond donors (Lipinski definition) is 1. The Morgan fingerprint density at radius 2 is 2.07 bits per heavy atom. The highest BCUT2D eigenvalue weighted by Crippen LogP contribution is 2.51. The first-order valence-electron chi connectivity index (χ1n) is 10.4. The second kappa shape index (κ2) is 6.97. The van der Waals surface area contributed by atoms with E-state index < -0.39 is 0 Å². The Bertz CT molecular complexity index is 894. The molecule has 1 spiro atoms. The van der Waals surface area contributed by atoms with E-state index in [1.54, 1.807) is 6.33 Å². The lowest BCUT2D eigenvalue weighted by atomic mass is 9.74. The molecule has 0 radical (unpaired) electrons. The van der Waals surface area contributed by atoms with Crippen LogP contribution in [0.5, 0.6) is 0 Å². The minimum absolute atomic E-state index is 0.103. The zero-order chi connectivity index (χ0) is 19.3. The topological polar surface area (TPSA) is 52.5 Å². The largest absolute Gasteiger partial charge is 0.395 e. The van der Waals surface area contributed by atoms with Gasteiger partial charge in [0.1, 0.15) is 12.1 Å². The molecule has 2 aromatic rings. The van der Waals surface area contributed by atoms with Crippen molar-refractivity contribution in [1.82, 2.24) is 14.9 Å². The summed E-state index contributed by atoms with van der Waals surface area (Å²) in [4.78, 5) is 14.1. The van der Waals surface area contributed by atoms with E-state index >= 15 is 0 Å². The van der Waals surface area contributed by atoms with Gasteiger partial charge in [-0.25, -0.2) is 9.97 Å². The second-order valence-corrected chi connectivity index (χ2v) is 9.03. The van der Waals surface area contributed by atoms with Gasteiger partial charge in [0.05, 0.1) is 6.61 Å². The Labute approximate surface area is 171 Å². The molecule has 6 heteroatoms. The predicted octanol–water partition coefficient (Wildman–Crippen LogP) is 3.66. The molecular weight excluding hydrogens is 372 g/mol. The molecule has 1 atom stereocenters. The number of aliphatic hydroxyl groups excluding tert-OH is 1. The number of hydrogen-bond acceptors (Lipinski definition) is 5. The van der Waals surface area contributed by atoms with Crippen molar-refractivity contribution in [2.45, 2.75) is 43.9 Å². The highest BCUT2D eigenvalue weighted by molar-refractivity contribution is 6.30. The Balaban J connectivity index is 1.56. The molecule has 1 aliphatic carbocycles. The molecule has 0 amide bonds. The van der Waals surface area contributed by atoms with Crippen LogP contribution in [0.15, 0.2) is 24.5 Å². The van der Waals surface area contributed by atoms with Gasteiger partial charge in [0, 0.05) is 40.5 Å². The first-order valence-corrected chi connectivity index (χ1v) is 10.7. The summed E-state index contributed by atoms with van der Waals surface area (Å²) in [5.41, 5.74) is 5.26. The van der Waals surface area contributed by atoms with Crippen LogP contribution in [0.25, 0.3) is 0 Å². The Morgan fingerprint density at radius 1 is 1.25 bits per heavy atom. The lowest BCUT2D eigenvalue weighted by Crippen LogP contribution is -2.45. The van der Waals surface area contributed by atoms with E-state index in [1.807, 2.05) is 6.07 Å². The maximum Gasteiger partial charge on any atom is 0.140 e. The predicted molar refractivity (Wildman–Crippen MR) is 112 cm³/mol. The molecule has 5 nitrogen and oxygen atoms in total. The molecule has 1 saturated heterocycles. The van der Waals surface area contributed by atoms with Crippen molar-refractivity contribution in [3.05, 3.63) is 46.4 Å². The molecule has 1 N–H and O–H groups in total. The smallest absolute Gasteiger partial charge is 0.140 e. The summed E-state index contributed by atoms with van der Waals surface area (Å²) in [7, 11) is 0. The molecule has 3 heterocycles. The molecular formula is C22H27ClN4O. The van der Waals surface area contributed by atoms with Gasteiger partial charge in [-0.2, -0.15) is 0 Å². The van der Waals surface area contributed by atoms with E-state index in [4.69, 9.17) is 16.6 Å².